The summed E-state index contributed by atoms with van der Waals surface area (Å²) in [5.74, 6) is -1.57. The topological polar surface area (TPSA) is 17.1 Å². The molecule has 2 aromatic rings. The van der Waals surface area contributed by atoms with Crippen LogP contribution in [0.5, 0.6) is 0 Å². The molecule has 18 heavy (non-hydrogen) atoms. The van der Waals surface area contributed by atoms with Gasteiger partial charge in [-0.25, -0.2) is 8.78 Å². The number of carbonyl (C=O) groups excluding carboxylic acids is 1. The zero-order valence-electron chi connectivity index (χ0n) is 9.51. The first-order chi connectivity index (χ1) is 8.49. The minimum Gasteiger partial charge on any atom is -0.289 e. The molecule has 0 aliphatic rings. The molecule has 0 bridgehead atoms. The van der Waals surface area contributed by atoms with Crippen LogP contribution in [0.15, 0.2) is 36.4 Å². The molecule has 0 heterocycles. The average Bonchev–Trinajstić information content (AvgIpc) is 2.35. The summed E-state index contributed by atoms with van der Waals surface area (Å²) in [6.45, 7) is 1.60. The molecule has 0 unspecified atom stereocenters. The summed E-state index contributed by atoms with van der Waals surface area (Å²) < 4.78 is 26.6. The maximum absolute atomic E-state index is 13.4. The predicted molar refractivity (Wildman–Crippen MR) is 66.0 cm³/mol. The van der Waals surface area contributed by atoms with E-state index in [9.17, 15) is 13.6 Å². The summed E-state index contributed by atoms with van der Waals surface area (Å²) in [6.07, 6.45) is 0. The van der Waals surface area contributed by atoms with Gasteiger partial charge in [0.1, 0.15) is 11.6 Å². The summed E-state index contributed by atoms with van der Waals surface area (Å²) in [6, 6.07) is 7.91. The summed E-state index contributed by atoms with van der Waals surface area (Å²) in [4.78, 5) is 12.0. The van der Waals surface area contributed by atoms with Crippen molar-refractivity contribution in [1.82, 2.24) is 0 Å². The summed E-state index contributed by atoms with van der Waals surface area (Å²) >= 11 is 5.53. The largest absolute Gasteiger partial charge is 0.289 e. The Morgan fingerprint density at radius 1 is 1.00 bits per heavy atom. The molecule has 0 amide bonds. The highest BCUT2D eigenvalue weighted by Gasteiger charge is 2.12. The van der Waals surface area contributed by atoms with E-state index < -0.39 is 17.4 Å². The number of halogens is 3. The number of aryl methyl sites for hydroxylation is 1. The number of hydrogen-bond acceptors (Lipinski definition) is 1. The lowest BCUT2D eigenvalue weighted by molar-refractivity contribution is 0.103. The molecule has 2 aromatic carbocycles. The van der Waals surface area contributed by atoms with Gasteiger partial charge in [0, 0.05) is 11.1 Å². The molecule has 0 aliphatic heterocycles. The Balaban J connectivity index is 2.41. The normalized spacial score (nSPS) is 10.4. The third kappa shape index (κ3) is 2.41. The molecular weight excluding hydrogens is 258 g/mol. The van der Waals surface area contributed by atoms with Gasteiger partial charge in [-0.15, -0.1) is 0 Å². The Morgan fingerprint density at radius 3 is 2.11 bits per heavy atom. The van der Waals surface area contributed by atoms with Crippen molar-refractivity contribution in [3.05, 3.63) is 69.7 Å². The van der Waals surface area contributed by atoms with Crippen molar-refractivity contribution in [1.29, 1.82) is 0 Å². The van der Waals surface area contributed by atoms with Crippen LogP contribution in [0.3, 0.4) is 0 Å². The molecule has 2 rings (SSSR count). The Bertz CT molecular complexity index is 570. The number of benzene rings is 2. The summed E-state index contributed by atoms with van der Waals surface area (Å²) in [7, 11) is 0. The molecule has 0 atom stereocenters. The summed E-state index contributed by atoms with van der Waals surface area (Å²) in [5.41, 5.74) is 0.772. The van der Waals surface area contributed by atoms with Crippen LogP contribution in [0.25, 0.3) is 0 Å². The Morgan fingerprint density at radius 2 is 1.56 bits per heavy atom. The maximum atomic E-state index is 13.4. The van der Waals surface area contributed by atoms with Crippen LogP contribution in [-0.2, 0) is 0 Å². The van der Waals surface area contributed by atoms with Crippen LogP contribution < -0.4 is 0 Å². The highest BCUT2D eigenvalue weighted by atomic mass is 35.5. The number of rotatable bonds is 2. The first-order valence-corrected chi connectivity index (χ1v) is 5.63. The quantitative estimate of drug-likeness (QED) is 0.746. The van der Waals surface area contributed by atoms with Gasteiger partial charge >= 0.3 is 0 Å². The molecule has 0 fully saturated rings. The van der Waals surface area contributed by atoms with Crippen molar-refractivity contribution in [2.75, 3.05) is 0 Å². The van der Waals surface area contributed by atoms with E-state index in [0.29, 0.717) is 5.56 Å². The second-order valence-corrected chi connectivity index (χ2v) is 4.33. The van der Waals surface area contributed by atoms with Crippen LogP contribution in [0.4, 0.5) is 8.78 Å². The van der Waals surface area contributed by atoms with Crippen LogP contribution in [0.1, 0.15) is 21.5 Å². The second kappa shape index (κ2) is 4.86. The molecule has 0 N–H and O–H groups in total. The van der Waals surface area contributed by atoms with Gasteiger partial charge in [-0.2, -0.15) is 0 Å². The monoisotopic (exact) mass is 266 g/mol. The lowest BCUT2D eigenvalue weighted by Crippen LogP contribution is -2.03. The number of ketones is 1. The van der Waals surface area contributed by atoms with Gasteiger partial charge < -0.3 is 0 Å². The molecule has 0 radical (unpaired) electrons. The lowest BCUT2D eigenvalue weighted by Gasteiger charge is -2.04. The zero-order valence-corrected chi connectivity index (χ0v) is 10.3. The fourth-order valence-electron chi connectivity index (χ4n) is 1.54. The first kappa shape index (κ1) is 12.7. The van der Waals surface area contributed by atoms with Crippen LogP contribution in [0, 0.1) is 18.6 Å². The Kier molecular flexibility index (Phi) is 3.43. The molecule has 0 aromatic heterocycles. The third-order valence-corrected chi connectivity index (χ3v) is 2.92. The lowest BCUT2D eigenvalue weighted by atomic mass is 10.0. The van der Waals surface area contributed by atoms with E-state index in [0.717, 1.165) is 12.1 Å². The average molecular weight is 267 g/mol. The van der Waals surface area contributed by atoms with Crippen molar-refractivity contribution in [2.24, 2.45) is 0 Å². The van der Waals surface area contributed by atoms with Crippen molar-refractivity contribution >= 4 is 17.4 Å². The van der Waals surface area contributed by atoms with E-state index in [1.165, 1.54) is 24.3 Å². The molecular formula is C14H9ClF2O. The van der Waals surface area contributed by atoms with Crippen molar-refractivity contribution < 1.29 is 13.6 Å². The minimum absolute atomic E-state index is 0.0540. The van der Waals surface area contributed by atoms with Crippen LogP contribution in [0.2, 0.25) is 5.02 Å². The summed E-state index contributed by atoms with van der Waals surface area (Å²) in [5, 5.41) is -0.0540. The number of carbonyl (C=O) groups is 1. The Hall–Kier alpha value is -1.74. The van der Waals surface area contributed by atoms with Gasteiger partial charge in [0.25, 0.3) is 0 Å². The van der Waals surface area contributed by atoms with Crippen LogP contribution >= 0.6 is 11.6 Å². The molecule has 4 heteroatoms. The van der Waals surface area contributed by atoms with Crippen LogP contribution in [-0.4, -0.2) is 5.78 Å². The highest BCUT2D eigenvalue weighted by molar-refractivity contribution is 6.30. The van der Waals surface area contributed by atoms with E-state index in [-0.39, 0.29) is 16.1 Å². The van der Waals surface area contributed by atoms with Gasteiger partial charge in [-0.1, -0.05) is 23.7 Å². The van der Waals surface area contributed by atoms with E-state index in [1.807, 2.05) is 0 Å². The van der Waals surface area contributed by atoms with Gasteiger partial charge in [0.05, 0.1) is 5.02 Å². The molecule has 0 saturated heterocycles. The predicted octanol–water partition coefficient (Wildman–Crippen LogP) is 4.16. The molecule has 0 saturated carbocycles. The minimum atomic E-state index is -0.671. The van der Waals surface area contributed by atoms with Gasteiger partial charge in [-0.3, -0.25) is 4.79 Å². The van der Waals surface area contributed by atoms with Gasteiger partial charge in [-0.05, 0) is 36.8 Å². The Labute approximate surface area is 108 Å². The first-order valence-electron chi connectivity index (χ1n) is 5.25. The SMILES string of the molecule is Cc1ccc(C(=O)c2ccc(Cl)c(F)c2)cc1F. The highest BCUT2D eigenvalue weighted by Crippen LogP contribution is 2.19. The fourth-order valence-corrected chi connectivity index (χ4v) is 1.66. The second-order valence-electron chi connectivity index (χ2n) is 3.92. The van der Waals surface area contributed by atoms with E-state index in [2.05, 4.69) is 0 Å². The smallest absolute Gasteiger partial charge is 0.193 e. The van der Waals surface area contributed by atoms with E-state index >= 15 is 0 Å². The van der Waals surface area contributed by atoms with Gasteiger partial charge in [0.15, 0.2) is 5.78 Å². The van der Waals surface area contributed by atoms with E-state index in [4.69, 9.17) is 11.6 Å². The van der Waals surface area contributed by atoms with Crippen molar-refractivity contribution in [2.45, 2.75) is 6.92 Å². The van der Waals surface area contributed by atoms with E-state index in [1.54, 1.807) is 6.92 Å². The zero-order chi connectivity index (χ0) is 13.3. The van der Waals surface area contributed by atoms with Crippen molar-refractivity contribution in [3.63, 3.8) is 0 Å². The standard InChI is InChI=1S/C14H9ClF2O/c1-8-2-3-9(6-12(8)16)14(18)10-4-5-11(15)13(17)7-10/h2-7H,1H3. The molecule has 0 spiro atoms. The molecule has 0 aliphatic carbocycles. The van der Waals surface area contributed by atoms with Crippen molar-refractivity contribution in [3.8, 4) is 0 Å². The maximum Gasteiger partial charge on any atom is 0.193 e. The third-order valence-electron chi connectivity index (χ3n) is 2.62. The van der Waals surface area contributed by atoms with Gasteiger partial charge in [0.2, 0.25) is 0 Å². The number of hydrogen-bond donors (Lipinski definition) is 0. The molecule has 92 valence electrons. The molecule has 1 nitrogen and oxygen atoms in total. The fraction of sp³-hybridized carbons (Fsp3) is 0.0714.